The van der Waals surface area contributed by atoms with Crippen molar-refractivity contribution in [3.8, 4) is 0 Å². The number of para-hydroxylation sites is 1. The van der Waals surface area contributed by atoms with Crippen molar-refractivity contribution in [1.82, 2.24) is 20.1 Å². The molecule has 0 bridgehead atoms. The normalized spacial score (nSPS) is 15.5. The number of fused-ring (bicyclic) bond motifs is 1. The first-order valence-corrected chi connectivity index (χ1v) is 10.5. The fourth-order valence-corrected chi connectivity index (χ4v) is 3.74. The van der Waals surface area contributed by atoms with Crippen molar-refractivity contribution >= 4 is 40.6 Å². The molecule has 0 aliphatic carbocycles. The van der Waals surface area contributed by atoms with Gasteiger partial charge >= 0.3 is 12.0 Å². The molecule has 150 valence electrons. The van der Waals surface area contributed by atoms with E-state index in [9.17, 15) is 19.5 Å². The Kier molecular flexibility index (Phi) is 6.45. The third-order valence-electron chi connectivity index (χ3n) is 4.88. The number of hydrogen-bond acceptors (Lipinski definition) is 4. The minimum atomic E-state index is -1.03. The number of piperazine rings is 1. The maximum absolute atomic E-state index is 12.8. The van der Waals surface area contributed by atoms with E-state index in [4.69, 9.17) is 0 Å². The average molecular weight is 404 g/mol. The van der Waals surface area contributed by atoms with E-state index in [1.54, 1.807) is 16.0 Å². The largest absolute Gasteiger partial charge is 0.480 e. The number of aliphatic carboxylic acids is 1. The Hall–Kier alpha value is -2.68. The number of nitrogens with one attached hydrogen (secondary N) is 2. The molecule has 28 heavy (non-hydrogen) atoms. The summed E-state index contributed by atoms with van der Waals surface area (Å²) in [5.41, 5.74) is 1.53. The summed E-state index contributed by atoms with van der Waals surface area (Å²) in [5, 5.41) is 12.7. The van der Waals surface area contributed by atoms with Crippen LogP contribution in [0.5, 0.6) is 0 Å². The molecule has 1 atom stereocenters. The molecule has 2 heterocycles. The first kappa shape index (κ1) is 20.1. The van der Waals surface area contributed by atoms with Crippen molar-refractivity contribution < 1.29 is 19.5 Å². The van der Waals surface area contributed by atoms with Crippen LogP contribution in [0.2, 0.25) is 0 Å². The Bertz CT molecular complexity index is 860. The zero-order valence-electron chi connectivity index (χ0n) is 15.7. The highest BCUT2D eigenvalue weighted by Crippen LogP contribution is 2.20. The molecule has 1 aromatic heterocycles. The van der Waals surface area contributed by atoms with Crippen molar-refractivity contribution in [2.75, 3.05) is 38.2 Å². The highest BCUT2D eigenvalue weighted by molar-refractivity contribution is 7.98. The summed E-state index contributed by atoms with van der Waals surface area (Å²) in [5.74, 6) is -0.444. The number of carboxylic acids is 1. The fraction of sp³-hybridized carbons (Fsp3) is 0.421. The second kappa shape index (κ2) is 9.01. The van der Waals surface area contributed by atoms with Crippen LogP contribution in [-0.4, -0.2) is 82.0 Å². The summed E-state index contributed by atoms with van der Waals surface area (Å²) in [6.07, 6.45) is 3.99. The van der Waals surface area contributed by atoms with Crippen molar-refractivity contribution in [2.24, 2.45) is 0 Å². The lowest BCUT2D eigenvalue weighted by molar-refractivity contribution is -0.139. The Balaban J connectivity index is 1.57. The Morgan fingerprint density at radius 1 is 1.18 bits per heavy atom. The van der Waals surface area contributed by atoms with Crippen molar-refractivity contribution in [2.45, 2.75) is 12.5 Å². The zero-order valence-corrected chi connectivity index (χ0v) is 16.5. The SMILES string of the molecule is CSCC[C@H](NC(=O)N1CCN(C(=O)c2c[nH]c3ccccc23)CC1)C(=O)O. The van der Waals surface area contributed by atoms with E-state index < -0.39 is 18.0 Å². The molecule has 2 aromatic rings. The summed E-state index contributed by atoms with van der Waals surface area (Å²) in [7, 11) is 0. The van der Waals surface area contributed by atoms with Gasteiger partial charge in [-0.25, -0.2) is 9.59 Å². The third kappa shape index (κ3) is 4.41. The maximum Gasteiger partial charge on any atom is 0.326 e. The van der Waals surface area contributed by atoms with Gasteiger partial charge in [-0.2, -0.15) is 11.8 Å². The van der Waals surface area contributed by atoms with Gasteiger partial charge < -0.3 is 25.2 Å². The lowest BCUT2D eigenvalue weighted by Gasteiger charge is -2.35. The molecular weight excluding hydrogens is 380 g/mol. The number of carbonyl (C=O) groups excluding carboxylic acids is 2. The number of benzene rings is 1. The van der Waals surface area contributed by atoms with E-state index in [2.05, 4.69) is 10.3 Å². The third-order valence-corrected chi connectivity index (χ3v) is 5.52. The van der Waals surface area contributed by atoms with Crippen LogP contribution in [-0.2, 0) is 4.79 Å². The second-order valence-corrected chi connectivity index (χ2v) is 7.63. The summed E-state index contributed by atoms with van der Waals surface area (Å²) < 4.78 is 0. The lowest BCUT2D eigenvalue weighted by Crippen LogP contribution is -2.55. The van der Waals surface area contributed by atoms with Gasteiger partial charge in [-0.1, -0.05) is 18.2 Å². The number of amides is 3. The van der Waals surface area contributed by atoms with Gasteiger partial charge in [0, 0.05) is 43.3 Å². The summed E-state index contributed by atoms with van der Waals surface area (Å²) >= 11 is 1.54. The molecule has 9 heteroatoms. The number of carboxylic acid groups (broad SMARTS) is 1. The lowest BCUT2D eigenvalue weighted by atomic mass is 10.1. The number of H-pyrrole nitrogens is 1. The molecule has 1 aliphatic rings. The fourth-order valence-electron chi connectivity index (χ4n) is 3.26. The van der Waals surface area contributed by atoms with E-state index in [1.165, 1.54) is 11.8 Å². The highest BCUT2D eigenvalue weighted by Gasteiger charge is 2.28. The summed E-state index contributed by atoms with van der Waals surface area (Å²) in [6.45, 7) is 1.56. The second-order valence-electron chi connectivity index (χ2n) is 6.65. The van der Waals surface area contributed by atoms with Gasteiger partial charge in [0.1, 0.15) is 6.04 Å². The first-order chi connectivity index (χ1) is 13.5. The van der Waals surface area contributed by atoms with Crippen LogP contribution in [0.25, 0.3) is 10.9 Å². The van der Waals surface area contributed by atoms with Crippen molar-refractivity contribution in [1.29, 1.82) is 0 Å². The number of carbonyl (C=O) groups is 3. The molecule has 1 fully saturated rings. The summed E-state index contributed by atoms with van der Waals surface area (Å²) in [4.78, 5) is 42.9. The molecule has 0 radical (unpaired) electrons. The molecule has 3 amide bonds. The first-order valence-electron chi connectivity index (χ1n) is 9.14. The molecule has 1 aromatic carbocycles. The molecular formula is C19H24N4O4S. The van der Waals surface area contributed by atoms with Gasteiger partial charge in [0.15, 0.2) is 0 Å². The number of hydrogen-bond donors (Lipinski definition) is 3. The number of thioether (sulfide) groups is 1. The summed E-state index contributed by atoms with van der Waals surface area (Å²) in [6, 6.07) is 6.34. The van der Waals surface area contributed by atoms with Gasteiger partial charge in [-0.3, -0.25) is 4.79 Å². The van der Waals surface area contributed by atoms with Crippen LogP contribution in [0, 0.1) is 0 Å². The predicted octanol–water partition coefficient (Wildman–Crippen LogP) is 1.84. The van der Waals surface area contributed by atoms with Crippen LogP contribution < -0.4 is 5.32 Å². The Labute approximate surface area is 167 Å². The molecule has 3 rings (SSSR count). The predicted molar refractivity (Wildman–Crippen MR) is 109 cm³/mol. The van der Waals surface area contributed by atoms with E-state index in [0.29, 0.717) is 43.9 Å². The molecule has 8 nitrogen and oxygen atoms in total. The van der Waals surface area contributed by atoms with Crippen molar-refractivity contribution in [3.63, 3.8) is 0 Å². The van der Waals surface area contributed by atoms with E-state index in [-0.39, 0.29) is 5.91 Å². The molecule has 0 spiro atoms. The highest BCUT2D eigenvalue weighted by atomic mass is 32.2. The van der Waals surface area contributed by atoms with Gasteiger partial charge in [0.2, 0.25) is 0 Å². The standard InChI is InChI=1S/C19H24N4O4S/c1-28-11-6-16(18(25)26)21-19(27)23-9-7-22(8-10-23)17(24)14-12-20-15-5-3-2-4-13(14)15/h2-5,12,16,20H,6-11H2,1H3,(H,21,27)(H,25,26)/t16-/m0/s1. The zero-order chi connectivity index (χ0) is 20.1. The van der Waals surface area contributed by atoms with Crippen molar-refractivity contribution in [3.05, 3.63) is 36.0 Å². The van der Waals surface area contributed by atoms with Crippen LogP contribution >= 0.6 is 11.8 Å². The number of nitrogens with zero attached hydrogens (tertiary/aromatic N) is 2. The van der Waals surface area contributed by atoms with E-state index >= 15 is 0 Å². The van der Waals surface area contributed by atoms with E-state index in [0.717, 1.165) is 10.9 Å². The Morgan fingerprint density at radius 3 is 2.54 bits per heavy atom. The molecule has 3 N–H and O–H groups in total. The molecule has 1 aliphatic heterocycles. The van der Waals surface area contributed by atoms with E-state index in [1.807, 2.05) is 30.5 Å². The average Bonchev–Trinajstić information content (AvgIpc) is 3.14. The van der Waals surface area contributed by atoms with Gasteiger partial charge in [-0.15, -0.1) is 0 Å². The van der Waals surface area contributed by atoms with Crippen LogP contribution in [0.4, 0.5) is 4.79 Å². The molecule has 0 saturated carbocycles. The monoisotopic (exact) mass is 404 g/mol. The number of aromatic amines is 1. The minimum absolute atomic E-state index is 0.0686. The smallest absolute Gasteiger partial charge is 0.326 e. The molecule has 0 unspecified atom stereocenters. The molecule has 1 saturated heterocycles. The maximum atomic E-state index is 12.8. The quantitative estimate of drug-likeness (QED) is 0.681. The number of aromatic nitrogens is 1. The number of urea groups is 1. The Morgan fingerprint density at radius 2 is 1.86 bits per heavy atom. The van der Waals surface area contributed by atoms with Gasteiger partial charge in [0.05, 0.1) is 5.56 Å². The van der Waals surface area contributed by atoms with Crippen LogP contribution in [0.3, 0.4) is 0 Å². The number of rotatable bonds is 6. The topological polar surface area (TPSA) is 106 Å². The minimum Gasteiger partial charge on any atom is -0.480 e. The van der Waals surface area contributed by atoms with Gasteiger partial charge in [0.25, 0.3) is 5.91 Å². The van der Waals surface area contributed by atoms with Crippen LogP contribution in [0.15, 0.2) is 30.5 Å². The van der Waals surface area contributed by atoms with Gasteiger partial charge in [-0.05, 0) is 24.5 Å². The van der Waals surface area contributed by atoms with Crippen LogP contribution in [0.1, 0.15) is 16.8 Å².